The van der Waals surface area contributed by atoms with Crippen molar-refractivity contribution in [1.82, 2.24) is 14.9 Å². The number of amides is 1. The third-order valence-corrected chi connectivity index (χ3v) is 7.12. The van der Waals surface area contributed by atoms with Gasteiger partial charge in [0, 0.05) is 44.6 Å². The van der Waals surface area contributed by atoms with Gasteiger partial charge in [0.1, 0.15) is 17.9 Å². The summed E-state index contributed by atoms with van der Waals surface area (Å²) in [5.74, 6) is 2.53. The lowest BCUT2D eigenvalue weighted by molar-refractivity contribution is -0.108. The highest BCUT2D eigenvalue weighted by molar-refractivity contribution is 5.94. The first kappa shape index (κ1) is 20.9. The number of carbonyl (C=O) groups is 2. The third kappa shape index (κ3) is 3.96. The third-order valence-electron chi connectivity index (χ3n) is 7.12. The number of piperazine rings is 1. The van der Waals surface area contributed by atoms with E-state index in [0.717, 1.165) is 43.9 Å². The van der Waals surface area contributed by atoms with Crippen molar-refractivity contribution in [3.8, 4) is 0 Å². The molecule has 0 aromatic carbocycles. The topological polar surface area (TPSA) is 69.6 Å². The van der Waals surface area contributed by atoms with Gasteiger partial charge in [0.15, 0.2) is 0 Å². The molecule has 2 aromatic rings. The molecule has 2 unspecified atom stereocenters. The van der Waals surface area contributed by atoms with Crippen molar-refractivity contribution in [3.63, 3.8) is 0 Å². The Bertz CT molecular complexity index is 996. The number of hydrogen-bond donors (Lipinski definition) is 0. The molecule has 4 heterocycles. The van der Waals surface area contributed by atoms with Crippen LogP contribution in [0.25, 0.3) is 0 Å². The molecule has 3 aliphatic rings. The van der Waals surface area contributed by atoms with E-state index in [1.54, 1.807) is 6.20 Å². The van der Waals surface area contributed by atoms with Crippen LogP contribution in [0.4, 0.5) is 11.6 Å². The zero-order valence-electron chi connectivity index (χ0n) is 18.9. The highest BCUT2D eigenvalue weighted by Gasteiger charge is 2.31. The number of aldehydes is 1. The summed E-state index contributed by atoms with van der Waals surface area (Å²) < 4.78 is 0. The molecular weight excluding hydrogens is 402 g/mol. The molecule has 3 fully saturated rings. The lowest BCUT2D eigenvalue weighted by Gasteiger charge is -2.36. The van der Waals surface area contributed by atoms with E-state index >= 15 is 0 Å². The van der Waals surface area contributed by atoms with Gasteiger partial charge in [-0.15, -0.1) is 0 Å². The van der Waals surface area contributed by atoms with Gasteiger partial charge in [-0.05, 0) is 68.7 Å². The quantitative estimate of drug-likeness (QED) is 0.675. The smallest absolute Gasteiger partial charge is 0.255 e. The molecule has 2 atom stereocenters. The Morgan fingerprint density at radius 1 is 1.03 bits per heavy atom. The lowest BCUT2D eigenvalue weighted by Crippen LogP contribution is -2.49. The van der Waals surface area contributed by atoms with E-state index in [0.29, 0.717) is 24.6 Å². The van der Waals surface area contributed by atoms with Gasteiger partial charge in [0.2, 0.25) is 0 Å². The van der Waals surface area contributed by atoms with E-state index in [1.807, 2.05) is 23.2 Å². The highest BCUT2D eigenvalue weighted by atomic mass is 16.2. The molecule has 0 spiro atoms. The van der Waals surface area contributed by atoms with Crippen LogP contribution in [0.2, 0.25) is 0 Å². The van der Waals surface area contributed by atoms with Gasteiger partial charge < -0.3 is 19.5 Å². The fraction of sp³-hybridized carbons (Fsp3) is 0.520. The molecule has 1 amide bonds. The largest absolute Gasteiger partial charge is 0.353 e. The van der Waals surface area contributed by atoms with E-state index < -0.39 is 0 Å². The average Bonchev–Trinajstić information content (AvgIpc) is 3.61. The number of pyridine rings is 2. The molecule has 0 radical (unpaired) electrons. The van der Waals surface area contributed by atoms with E-state index in [1.165, 1.54) is 24.0 Å². The number of nitrogens with zero attached hydrogens (tertiary/aromatic N) is 5. The molecule has 1 saturated carbocycles. The summed E-state index contributed by atoms with van der Waals surface area (Å²) in [5.41, 5.74) is 3.18. The van der Waals surface area contributed by atoms with Crippen LogP contribution in [0.5, 0.6) is 0 Å². The molecule has 5 rings (SSSR count). The molecule has 32 heavy (non-hydrogen) atoms. The van der Waals surface area contributed by atoms with Crippen molar-refractivity contribution in [1.29, 1.82) is 0 Å². The molecule has 7 nitrogen and oxygen atoms in total. The minimum absolute atomic E-state index is 0.0128. The van der Waals surface area contributed by atoms with E-state index in [9.17, 15) is 9.59 Å². The second kappa shape index (κ2) is 8.52. The zero-order chi connectivity index (χ0) is 22.2. The number of aryl methyl sites for hydroxylation is 1. The van der Waals surface area contributed by atoms with Crippen molar-refractivity contribution < 1.29 is 9.59 Å². The maximum absolute atomic E-state index is 13.0. The van der Waals surface area contributed by atoms with Crippen LogP contribution in [0.1, 0.15) is 60.0 Å². The second-order valence-corrected chi connectivity index (χ2v) is 9.40. The summed E-state index contributed by atoms with van der Waals surface area (Å²) in [6.45, 7) is 7.14. The van der Waals surface area contributed by atoms with E-state index in [-0.39, 0.29) is 18.0 Å². The van der Waals surface area contributed by atoms with Crippen LogP contribution in [0.3, 0.4) is 0 Å². The Balaban J connectivity index is 1.21. The minimum Gasteiger partial charge on any atom is -0.353 e. The van der Waals surface area contributed by atoms with Crippen LogP contribution in [0, 0.1) is 6.92 Å². The second-order valence-electron chi connectivity index (χ2n) is 9.40. The molecular formula is C25H31N5O2. The monoisotopic (exact) mass is 433 g/mol. The fourth-order valence-electron chi connectivity index (χ4n) is 5.08. The highest BCUT2D eigenvalue weighted by Crippen LogP contribution is 2.40. The maximum atomic E-state index is 13.0. The number of hydrogen-bond acceptors (Lipinski definition) is 6. The van der Waals surface area contributed by atoms with Gasteiger partial charge in [0.25, 0.3) is 5.91 Å². The molecule has 2 aromatic heterocycles. The molecule has 168 valence electrons. The number of aromatic nitrogens is 2. The Morgan fingerprint density at radius 3 is 2.44 bits per heavy atom. The Morgan fingerprint density at radius 2 is 1.81 bits per heavy atom. The Kier molecular flexibility index (Phi) is 5.57. The first-order valence-electron chi connectivity index (χ1n) is 11.8. The molecule has 2 aliphatic heterocycles. The van der Waals surface area contributed by atoms with Crippen molar-refractivity contribution >= 4 is 23.8 Å². The van der Waals surface area contributed by atoms with Gasteiger partial charge in [-0.3, -0.25) is 4.79 Å². The fourth-order valence-corrected chi connectivity index (χ4v) is 5.08. The average molecular weight is 434 g/mol. The summed E-state index contributed by atoms with van der Waals surface area (Å²) in [6, 6.07) is 6.15. The molecule has 0 N–H and O–H groups in total. The molecule has 7 heteroatoms. The Hall–Kier alpha value is -2.96. The van der Waals surface area contributed by atoms with E-state index in [2.05, 4.69) is 34.7 Å². The molecule has 2 saturated heterocycles. The number of anilines is 2. The predicted octanol–water partition coefficient (Wildman–Crippen LogP) is 3.18. The van der Waals surface area contributed by atoms with Gasteiger partial charge in [-0.2, -0.15) is 0 Å². The first-order valence-corrected chi connectivity index (χ1v) is 11.8. The van der Waals surface area contributed by atoms with Crippen LogP contribution < -0.4 is 9.80 Å². The predicted molar refractivity (Wildman–Crippen MR) is 124 cm³/mol. The van der Waals surface area contributed by atoms with Gasteiger partial charge in [-0.25, -0.2) is 9.97 Å². The van der Waals surface area contributed by atoms with Gasteiger partial charge in [-0.1, -0.05) is 6.07 Å². The van der Waals surface area contributed by atoms with Gasteiger partial charge >= 0.3 is 0 Å². The minimum atomic E-state index is -0.123. The number of carbonyl (C=O) groups excluding carboxylic acids is 2. The summed E-state index contributed by atoms with van der Waals surface area (Å²) in [7, 11) is 0. The first-order chi connectivity index (χ1) is 15.5. The summed E-state index contributed by atoms with van der Waals surface area (Å²) >= 11 is 0. The summed E-state index contributed by atoms with van der Waals surface area (Å²) in [4.78, 5) is 39.9. The molecule has 1 aliphatic carbocycles. The standard InChI is InChI=1S/C25H31N5O2/c1-17-13-21(19-4-5-19)15-27-24(17)28-9-11-29(12-10-28)25(32)20-6-8-23(26-14-20)30-18(2)3-7-22(30)16-31/h6,8,13-16,18-19,22H,3-5,7,9-12H2,1-2H3. The normalized spacial score (nSPS) is 23.5. The lowest BCUT2D eigenvalue weighted by atomic mass is 10.1. The van der Waals surface area contributed by atoms with Gasteiger partial charge in [0.05, 0.1) is 11.6 Å². The van der Waals surface area contributed by atoms with Crippen molar-refractivity contribution in [2.45, 2.75) is 57.5 Å². The van der Waals surface area contributed by atoms with E-state index in [4.69, 9.17) is 4.98 Å². The van der Waals surface area contributed by atoms with Crippen molar-refractivity contribution in [2.24, 2.45) is 0 Å². The van der Waals surface area contributed by atoms with Crippen molar-refractivity contribution in [2.75, 3.05) is 36.0 Å². The van der Waals surface area contributed by atoms with Crippen LogP contribution >= 0.6 is 0 Å². The van der Waals surface area contributed by atoms with Crippen molar-refractivity contribution in [3.05, 3.63) is 47.3 Å². The summed E-state index contributed by atoms with van der Waals surface area (Å²) in [6.07, 6.45) is 9.08. The van der Waals surface area contributed by atoms with Crippen LogP contribution in [-0.4, -0.2) is 65.3 Å². The van der Waals surface area contributed by atoms with Crippen LogP contribution in [0.15, 0.2) is 30.6 Å². The zero-order valence-corrected chi connectivity index (χ0v) is 18.9. The Labute approximate surface area is 189 Å². The SMILES string of the molecule is Cc1cc(C2CC2)cnc1N1CCN(C(=O)c2ccc(N3C(C)CCC3C=O)nc2)CC1. The van der Waals surface area contributed by atoms with Crippen LogP contribution in [-0.2, 0) is 4.79 Å². The molecule has 0 bridgehead atoms. The summed E-state index contributed by atoms with van der Waals surface area (Å²) in [5, 5.41) is 0. The maximum Gasteiger partial charge on any atom is 0.255 e. The number of rotatable bonds is 5.